The van der Waals surface area contributed by atoms with Crippen LogP contribution in [0.25, 0.3) is 11.4 Å². The second-order valence-corrected chi connectivity index (χ2v) is 9.65. The molecule has 1 aliphatic rings. The number of amides is 1. The van der Waals surface area contributed by atoms with E-state index in [2.05, 4.69) is 20.2 Å². The number of nitrogens with two attached hydrogens (primary N) is 1. The quantitative estimate of drug-likeness (QED) is 0.511. The topological polar surface area (TPSA) is 140 Å². The number of sulfonamides is 1. The van der Waals surface area contributed by atoms with Crippen molar-refractivity contribution in [2.75, 3.05) is 10.0 Å². The molecule has 162 valence electrons. The van der Waals surface area contributed by atoms with Gasteiger partial charge in [-0.2, -0.15) is 4.98 Å². The first-order valence-corrected chi connectivity index (χ1v) is 11.3. The predicted molar refractivity (Wildman–Crippen MR) is 116 cm³/mol. The highest BCUT2D eigenvalue weighted by atomic mass is 32.2. The first kappa shape index (κ1) is 21.0. The fraction of sp³-hybridized carbons (Fsp3) is 0.286. The minimum Gasteiger partial charge on any atom is -0.337 e. The van der Waals surface area contributed by atoms with E-state index in [1.165, 1.54) is 12.1 Å². The lowest BCUT2D eigenvalue weighted by molar-refractivity contribution is -0.120. The van der Waals surface area contributed by atoms with Crippen molar-refractivity contribution in [2.45, 2.75) is 37.6 Å². The molecule has 0 bridgehead atoms. The van der Waals surface area contributed by atoms with Crippen molar-refractivity contribution in [3.8, 4) is 11.4 Å². The van der Waals surface area contributed by atoms with Crippen LogP contribution in [0.5, 0.6) is 0 Å². The van der Waals surface area contributed by atoms with E-state index in [-0.39, 0.29) is 27.9 Å². The summed E-state index contributed by atoms with van der Waals surface area (Å²) in [5.74, 6) is 0.504. The molecule has 4 N–H and O–H groups in total. The van der Waals surface area contributed by atoms with E-state index >= 15 is 0 Å². The first-order chi connectivity index (χ1) is 14.7. The highest BCUT2D eigenvalue weighted by molar-refractivity contribution is 7.92. The van der Waals surface area contributed by atoms with Crippen LogP contribution in [-0.2, 0) is 14.8 Å². The number of benzene rings is 2. The maximum absolute atomic E-state index is 12.8. The summed E-state index contributed by atoms with van der Waals surface area (Å²) in [5, 5.41) is 6.71. The maximum atomic E-state index is 12.8. The summed E-state index contributed by atoms with van der Waals surface area (Å²) < 4.78 is 33.3. The third kappa shape index (κ3) is 4.59. The average molecular weight is 442 g/mol. The molecule has 0 saturated heterocycles. The zero-order valence-corrected chi connectivity index (χ0v) is 17.9. The zero-order valence-electron chi connectivity index (χ0n) is 17.1. The van der Waals surface area contributed by atoms with Crippen LogP contribution in [0.3, 0.4) is 0 Å². The van der Waals surface area contributed by atoms with E-state index in [9.17, 15) is 13.2 Å². The molecule has 9 nitrogen and oxygen atoms in total. The number of hydrogen-bond donors (Lipinski definition) is 3. The van der Waals surface area contributed by atoms with Crippen molar-refractivity contribution in [2.24, 2.45) is 11.1 Å². The summed E-state index contributed by atoms with van der Waals surface area (Å²) in [6.07, 6.45) is 1.76. The SMILES string of the molecule is C[C@H](N)c1nc(-c2cccc(S(=O)(=O)Nc3ccc(NC(=O)C4(C)CC4)cc3)c2)no1. The molecule has 31 heavy (non-hydrogen) atoms. The van der Waals surface area contributed by atoms with Gasteiger partial charge in [-0.1, -0.05) is 24.2 Å². The Morgan fingerprint density at radius 2 is 1.84 bits per heavy atom. The van der Waals surface area contributed by atoms with Gasteiger partial charge in [-0.15, -0.1) is 0 Å². The summed E-state index contributed by atoms with van der Waals surface area (Å²) in [4.78, 5) is 16.4. The van der Waals surface area contributed by atoms with Gasteiger partial charge in [0.25, 0.3) is 10.0 Å². The smallest absolute Gasteiger partial charge is 0.261 e. The number of rotatable bonds is 7. The van der Waals surface area contributed by atoms with Crippen molar-refractivity contribution in [3.05, 3.63) is 54.4 Å². The second kappa shape index (κ2) is 7.78. The summed E-state index contributed by atoms with van der Waals surface area (Å²) >= 11 is 0. The number of hydrogen-bond acceptors (Lipinski definition) is 7. The van der Waals surface area contributed by atoms with Crippen molar-refractivity contribution >= 4 is 27.3 Å². The first-order valence-electron chi connectivity index (χ1n) is 9.80. The number of carbonyl (C=O) groups is 1. The molecular formula is C21H23N5O4S. The van der Waals surface area contributed by atoms with Crippen molar-refractivity contribution in [3.63, 3.8) is 0 Å². The predicted octanol–water partition coefficient (Wildman–Crippen LogP) is 3.30. The van der Waals surface area contributed by atoms with Crippen molar-refractivity contribution < 1.29 is 17.7 Å². The Morgan fingerprint density at radius 1 is 1.16 bits per heavy atom. The molecule has 1 saturated carbocycles. The van der Waals surface area contributed by atoms with E-state index in [0.717, 1.165) is 12.8 Å². The normalized spacial score (nSPS) is 15.8. The van der Waals surface area contributed by atoms with Gasteiger partial charge in [0.15, 0.2) is 0 Å². The van der Waals surface area contributed by atoms with Crippen LogP contribution in [0.1, 0.15) is 38.6 Å². The monoisotopic (exact) mass is 441 g/mol. The van der Waals surface area contributed by atoms with E-state index in [1.54, 1.807) is 43.3 Å². The van der Waals surface area contributed by atoms with Crippen molar-refractivity contribution in [1.29, 1.82) is 0 Å². The number of carbonyl (C=O) groups excluding carboxylic acids is 1. The van der Waals surface area contributed by atoms with Gasteiger partial charge in [0, 0.05) is 22.4 Å². The summed E-state index contributed by atoms with van der Waals surface area (Å²) in [6.45, 7) is 3.63. The van der Waals surface area contributed by atoms with Crippen LogP contribution >= 0.6 is 0 Å². The molecule has 1 amide bonds. The van der Waals surface area contributed by atoms with Crippen LogP contribution in [0.2, 0.25) is 0 Å². The number of nitrogens with zero attached hydrogens (tertiary/aromatic N) is 2. The fourth-order valence-corrected chi connectivity index (χ4v) is 3.98. The van der Waals surface area contributed by atoms with Gasteiger partial charge in [0.05, 0.1) is 10.9 Å². The van der Waals surface area contributed by atoms with Gasteiger partial charge < -0.3 is 15.6 Å². The molecule has 3 aromatic rings. The zero-order chi connectivity index (χ0) is 22.2. The fourth-order valence-electron chi connectivity index (χ4n) is 2.87. The van der Waals surface area contributed by atoms with Gasteiger partial charge >= 0.3 is 0 Å². The number of aromatic nitrogens is 2. The summed E-state index contributed by atoms with van der Waals surface area (Å²) in [6, 6.07) is 12.3. The molecule has 1 heterocycles. The largest absolute Gasteiger partial charge is 0.337 e. The molecule has 0 aliphatic heterocycles. The standard InChI is InChI=1S/C21H23N5O4S/c1-13(22)19-24-18(25-30-19)14-4-3-5-17(12-14)31(28,29)26-16-8-6-15(7-9-16)23-20(27)21(2)10-11-21/h3-9,12-13,26H,10-11,22H2,1-2H3,(H,23,27)/t13-/m0/s1. The minimum atomic E-state index is -3.85. The van der Waals surface area contributed by atoms with E-state index in [0.29, 0.717) is 16.9 Å². The molecule has 0 spiro atoms. The molecule has 0 radical (unpaired) electrons. The van der Waals surface area contributed by atoms with Crippen LogP contribution in [0.4, 0.5) is 11.4 Å². The summed E-state index contributed by atoms with van der Waals surface area (Å²) in [5.41, 5.74) is 6.92. The van der Waals surface area contributed by atoms with Crippen LogP contribution < -0.4 is 15.8 Å². The lowest BCUT2D eigenvalue weighted by Gasteiger charge is -2.12. The van der Waals surface area contributed by atoms with E-state index in [4.69, 9.17) is 10.3 Å². The Bertz CT molecular complexity index is 1210. The highest BCUT2D eigenvalue weighted by Crippen LogP contribution is 2.45. The highest BCUT2D eigenvalue weighted by Gasteiger charge is 2.44. The molecule has 2 aromatic carbocycles. The Morgan fingerprint density at radius 3 is 2.45 bits per heavy atom. The third-order valence-electron chi connectivity index (χ3n) is 5.18. The molecule has 1 fully saturated rings. The van der Waals surface area contributed by atoms with Gasteiger partial charge in [0.2, 0.25) is 17.6 Å². The molecular weight excluding hydrogens is 418 g/mol. The van der Waals surface area contributed by atoms with Crippen LogP contribution in [0.15, 0.2) is 57.9 Å². The Kier molecular flexibility index (Phi) is 5.28. The van der Waals surface area contributed by atoms with Gasteiger partial charge in [-0.05, 0) is 56.2 Å². The Hall–Kier alpha value is -3.24. The Balaban J connectivity index is 1.49. The maximum Gasteiger partial charge on any atom is 0.261 e. The minimum absolute atomic E-state index is 0.0219. The second-order valence-electron chi connectivity index (χ2n) is 7.97. The van der Waals surface area contributed by atoms with E-state index in [1.807, 2.05) is 6.92 Å². The molecule has 1 aromatic heterocycles. The summed E-state index contributed by atoms with van der Waals surface area (Å²) in [7, 11) is -3.85. The van der Waals surface area contributed by atoms with Crippen LogP contribution in [-0.4, -0.2) is 24.5 Å². The lowest BCUT2D eigenvalue weighted by Crippen LogP contribution is -2.21. The van der Waals surface area contributed by atoms with Crippen LogP contribution in [0, 0.1) is 5.41 Å². The molecule has 1 atom stereocenters. The molecule has 1 aliphatic carbocycles. The lowest BCUT2D eigenvalue weighted by atomic mass is 10.1. The van der Waals surface area contributed by atoms with Crippen molar-refractivity contribution in [1.82, 2.24) is 10.1 Å². The Labute approximate surface area is 180 Å². The van der Waals surface area contributed by atoms with Gasteiger partial charge in [-0.25, -0.2) is 8.42 Å². The van der Waals surface area contributed by atoms with E-state index < -0.39 is 16.1 Å². The average Bonchev–Trinajstić information content (AvgIpc) is 3.29. The number of nitrogens with one attached hydrogen (secondary N) is 2. The number of anilines is 2. The van der Waals surface area contributed by atoms with Gasteiger partial charge in [0.1, 0.15) is 0 Å². The molecule has 4 rings (SSSR count). The molecule has 0 unspecified atom stereocenters. The van der Waals surface area contributed by atoms with Gasteiger partial charge in [-0.3, -0.25) is 9.52 Å². The molecule has 10 heteroatoms. The third-order valence-corrected chi connectivity index (χ3v) is 6.56.